The topological polar surface area (TPSA) is 96.0 Å². The van der Waals surface area contributed by atoms with E-state index in [0.717, 1.165) is 12.8 Å². The van der Waals surface area contributed by atoms with Crippen LogP contribution in [0.15, 0.2) is 12.7 Å². The molecule has 7 nitrogen and oxygen atoms in total. The predicted molar refractivity (Wildman–Crippen MR) is 85.7 cm³/mol. The first kappa shape index (κ1) is 17.0. The van der Waals surface area contributed by atoms with Gasteiger partial charge in [0.05, 0.1) is 5.92 Å². The highest BCUT2D eigenvalue weighted by Gasteiger charge is 2.72. The molecule has 0 aromatic heterocycles. The van der Waals surface area contributed by atoms with Gasteiger partial charge in [0.1, 0.15) is 23.1 Å². The third-order valence-electron chi connectivity index (χ3n) is 6.23. The quantitative estimate of drug-likeness (QED) is 0.418. The molecule has 4 fully saturated rings. The van der Waals surface area contributed by atoms with Crippen molar-refractivity contribution in [3.8, 4) is 0 Å². The molecule has 138 valence electrons. The molecule has 6 unspecified atom stereocenters. The summed E-state index contributed by atoms with van der Waals surface area (Å²) in [4.78, 5) is 24.3. The number of hydrogen-bond acceptors (Lipinski definition) is 7. The summed E-state index contributed by atoms with van der Waals surface area (Å²) < 4.78 is 41.1. The maximum Gasteiger partial charge on any atom is 0.311 e. The zero-order chi connectivity index (χ0) is 18.0. The zero-order valence-corrected chi connectivity index (χ0v) is 14.9. The highest BCUT2D eigenvalue weighted by atomic mass is 32.2. The maximum atomic E-state index is 12.9. The largest absolute Gasteiger partial charge is 0.459 e. The van der Waals surface area contributed by atoms with Crippen molar-refractivity contribution in [2.45, 2.75) is 62.1 Å². The first-order chi connectivity index (χ1) is 11.8. The number of carbonyl (C=O) groups excluding carboxylic acids is 2. The van der Waals surface area contributed by atoms with E-state index in [0.29, 0.717) is 19.3 Å². The van der Waals surface area contributed by atoms with Crippen molar-refractivity contribution in [1.82, 2.24) is 0 Å². The minimum absolute atomic E-state index is 0.319. The van der Waals surface area contributed by atoms with Crippen LogP contribution >= 0.6 is 0 Å². The second kappa shape index (κ2) is 5.54. The first-order valence-corrected chi connectivity index (χ1v) is 10.2. The molecule has 0 spiro atoms. The predicted octanol–water partition coefficient (Wildman–Crippen LogP) is 1.32. The number of carbonyl (C=O) groups is 2. The van der Waals surface area contributed by atoms with Gasteiger partial charge in [0, 0.05) is 18.8 Å². The van der Waals surface area contributed by atoms with Crippen LogP contribution in [0.1, 0.15) is 39.0 Å². The molecule has 4 aliphatic rings. The molecule has 25 heavy (non-hydrogen) atoms. The number of fused-ring (bicyclic) bond motifs is 1. The van der Waals surface area contributed by atoms with Crippen LogP contribution in [0.3, 0.4) is 0 Å². The highest BCUT2D eigenvalue weighted by molar-refractivity contribution is 7.87. The smallest absolute Gasteiger partial charge is 0.311 e. The minimum Gasteiger partial charge on any atom is -0.459 e. The van der Waals surface area contributed by atoms with Crippen molar-refractivity contribution in [3.63, 3.8) is 0 Å². The molecule has 4 rings (SSSR count). The summed E-state index contributed by atoms with van der Waals surface area (Å²) in [5, 5.41) is -0.898. The molecule has 3 saturated carbocycles. The van der Waals surface area contributed by atoms with Crippen LogP contribution in [0, 0.1) is 17.8 Å². The second-order valence-electron chi connectivity index (χ2n) is 7.58. The van der Waals surface area contributed by atoms with Gasteiger partial charge in [0.25, 0.3) is 10.1 Å². The lowest BCUT2D eigenvalue weighted by Gasteiger charge is -2.33. The van der Waals surface area contributed by atoms with E-state index in [2.05, 4.69) is 6.58 Å². The van der Waals surface area contributed by atoms with Crippen molar-refractivity contribution < 1.29 is 31.7 Å². The fraction of sp³-hybridized carbons (Fsp3) is 0.765. The van der Waals surface area contributed by atoms with E-state index in [1.807, 2.05) is 0 Å². The molecule has 0 aromatic rings. The molecule has 0 aromatic carbocycles. The van der Waals surface area contributed by atoms with E-state index < -0.39 is 51.0 Å². The van der Waals surface area contributed by atoms with Gasteiger partial charge < -0.3 is 9.47 Å². The van der Waals surface area contributed by atoms with Crippen LogP contribution in [-0.4, -0.2) is 43.4 Å². The third-order valence-corrected chi connectivity index (χ3v) is 8.03. The van der Waals surface area contributed by atoms with Crippen LogP contribution in [0.5, 0.6) is 0 Å². The van der Waals surface area contributed by atoms with Gasteiger partial charge in [-0.1, -0.05) is 6.58 Å². The maximum absolute atomic E-state index is 12.9. The monoisotopic (exact) mass is 370 g/mol. The Morgan fingerprint density at radius 2 is 1.92 bits per heavy atom. The Labute approximate surface area is 146 Å². The lowest BCUT2D eigenvalue weighted by atomic mass is 9.84. The van der Waals surface area contributed by atoms with E-state index in [-0.39, 0.29) is 11.8 Å². The highest BCUT2D eigenvalue weighted by Crippen LogP contribution is 2.59. The molecule has 3 aliphatic carbocycles. The molecule has 8 heteroatoms. The van der Waals surface area contributed by atoms with Crippen LogP contribution in [0.25, 0.3) is 0 Å². The molecule has 0 N–H and O–H groups in total. The Hall–Kier alpha value is -1.41. The fourth-order valence-corrected chi connectivity index (χ4v) is 7.29. The van der Waals surface area contributed by atoms with Gasteiger partial charge in [0.2, 0.25) is 0 Å². The van der Waals surface area contributed by atoms with Gasteiger partial charge in [-0.15, -0.1) is 0 Å². The lowest BCUT2D eigenvalue weighted by molar-refractivity contribution is -0.169. The molecule has 1 saturated heterocycles. The van der Waals surface area contributed by atoms with Gasteiger partial charge in [-0.3, -0.25) is 13.8 Å². The average molecular weight is 370 g/mol. The van der Waals surface area contributed by atoms with Gasteiger partial charge >= 0.3 is 11.9 Å². The summed E-state index contributed by atoms with van der Waals surface area (Å²) in [5.74, 6) is -2.59. The van der Waals surface area contributed by atoms with Crippen LogP contribution in [-0.2, 0) is 33.4 Å². The van der Waals surface area contributed by atoms with Crippen LogP contribution < -0.4 is 0 Å². The zero-order valence-electron chi connectivity index (χ0n) is 14.1. The third kappa shape index (κ3) is 2.44. The number of esters is 2. The molecule has 1 heterocycles. The SMILES string of the molecule is C=CC1(OC(=O)C2C3CC4C(OS(=O)(=O)C42)C3OC(C)=O)CCCC1. The van der Waals surface area contributed by atoms with Crippen molar-refractivity contribution in [2.75, 3.05) is 0 Å². The van der Waals surface area contributed by atoms with Crippen molar-refractivity contribution in [2.24, 2.45) is 17.8 Å². The summed E-state index contributed by atoms with van der Waals surface area (Å²) in [7, 11) is -3.87. The molecular formula is C17H22O7S. The van der Waals surface area contributed by atoms with Crippen LogP contribution in [0.4, 0.5) is 0 Å². The van der Waals surface area contributed by atoms with E-state index in [9.17, 15) is 18.0 Å². The van der Waals surface area contributed by atoms with Crippen molar-refractivity contribution in [3.05, 3.63) is 12.7 Å². The summed E-state index contributed by atoms with van der Waals surface area (Å²) in [6.45, 7) is 5.05. The molecule has 0 amide bonds. The van der Waals surface area contributed by atoms with Gasteiger partial charge in [-0.05, 0) is 38.2 Å². The lowest BCUT2D eigenvalue weighted by Crippen LogP contribution is -2.47. The number of rotatable bonds is 4. The minimum atomic E-state index is -3.87. The standard InChI is InChI=1S/C17H22O7S/c1-3-17(6-4-5-7-17)23-16(19)12-10-8-11-14(13(10)22-9(2)18)24-25(20,21)15(11)12/h3,10-15H,1,4-8H2,2H3. The van der Waals surface area contributed by atoms with Crippen LogP contribution in [0.2, 0.25) is 0 Å². The average Bonchev–Trinajstić information content (AvgIpc) is 3.24. The molecule has 6 atom stereocenters. The van der Waals surface area contributed by atoms with Gasteiger partial charge in [-0.25, -0.2) is 0 Å². The molecule has 2 bridgehead atoms. The Morgan fingerprint density at radius 3 is 2.52 bits per heavy atom. The Balaban J connectivity index is 1.63. The van der Waals surface area contributed by atoms with E-state index in [1.165, 1.54) is 6.92 Å². The van der Waals surface area contributed by atoms with E-state index in [1.54, 1.807) is 6.08 Å². The Kier molecular flexibility index (Phi) is 3.77. The Morgan fingerprint density at radius 1 is 1.24 bits per heavy atom. The summed E-state index contributed by atoms with van der Waals surface area (Å²) in [5.41, 5.74) is -0.710. The molecule has 0 radical (unpaired) electrons. The first-order valence-electron chi connectivity index (χ1n) is 8.74. The summed E-state index contributed by atoms with van der Waals surface area (Å²) in [6, 6.07) is 0. The number of ether oxygens (including phenoxy) is 2. The Bertz CT molecular complexity index is 721. The second-order valence-corrected chi connectivity index (χ2v) is 9.30. The fourth-order valence-electron chi connectivity index (χ4n) is 5.24. The van der Waals surface area contributed by atoms with E-state index in [4.69, 9.17) is 13.7 Å². The summed E-state index contributed by atoms with van der Waals surface area (Å²) in [6.07, 6.45) is 4.05. The number of hydrogen-bond donors (Lipinski definition) is 0. The van der Waals surface area contributed by atoms with Gasteiger partial charge in [0.15, 0.2) is 0 Å². The normalized spacial score (nSPS) is 42.3. The molecule has 1 aliphatic heterocycles. The van der Waals surface area contributed by atoms with Crippen molar-refractivity contribution in [1.29, 1.82) is 0 Å². The van der Waals surface area contributed by atoms with Gasteiger partial charge in [-0.2, -0.15) is 8.42 Å². The van der Waals surface area contributed by atoms with Crippen molar-refractivity contribution >= 4 is 22.1 Å². The summed E-state index contributed by atoms with van der Waals surface area (Å²) >= 11 is 0. The van der Waals surface area contributed by atoms with E-state index >= 15 is 0 Å². The molecular weight excluding hydrogens is 348 g/mol.